The van der Waals surface area contributed by atoms with E-state index in [9.17, 15) is 13.2 Å². The number of rotatable bonds is 5. The molecule has 2 aromatic carbocycles. The van der Waals surface area contributed by atoms with Crippen LogP contribution >= 0.6 is 0 Å². The summed E-state index contributed by atoms with van der Waals surface area (Å²) in [7, 11) is -1.95. The number of piperazine rings is 1. The number of para-hydroxylation sites is 2. The first-order valence-corrected chi connectivity index (χ1v) is 13.2. The predicted molar refractivity (Wildman–Crippen MR) is 128 cm³/mol. The number of amides is 1. The molecule has 0 N–H and O–H groups in total. The molecule has 2 aliphatic heterocycles. The van der Waals surface area contributed by atoms with Crippen LogP contribution in [0.1, 0.15) is 31.7 Å². The number of benzene rings is 2. The van der Waals surface area contributed by atoms with Crippen LogP contribution in [0.25, 0.3) is 0 Å². The van der Waals surface area contributed by atoms with Gasteiger partial charge in [0.1, 0.15) is 5.75 Å². The maximum absolute atomic E-state index is 13.4. The summed E-state index contributed by atoms with van der Waals surface area (Å²) < 4.78 is 33.9. The van der Waals surface area contributed by atoms with Crippen LogP contribution in [0.2, 0.25) is 0 Å². The van der Waals surface area contributed by atoms with Crippen molar-refractivity contribution in [3.8, 4) is 5.75 Å². The van der Waals surface area contributed by atoms with Crippen LogP contribution < -0.4 is 14.5 Å². The van der Waals surface area contributed by atoms with Gasteiger partial charge in [-0.1, -0.05) is 18.6 Å². The number of hydrogen-bond donors (Lipinski definition) is 0. The number of hydrogen-bond acceptors (Lipinski definition) is 5. The quantitative estimate of drug-likeness (QED) is 0.672. The van der Waals surface area contributed by atoms with E-state index in [2.05, 4.69) is 4.90 Å². The molecule has 1 saturated heterocycles. The number of anilines is 2. The molecule has 1 saturated carbocycles. The Balaban J connectivity index is 1.32. The fourth-order valence-electron chi connectivity index (χ4n) is 5.17. The Kier molecular flexibility index (Phi) is 5.82. The van der Waals surface area contributed by atoms with Crippen molar-refractivity contribution in [2.45, 2.75) is 43.5 Å². The molecule has 2 heterocycles. The molecule has 1 atom stereocenters. The fourth-order valence-corrected chi connectivity index (χ4v) is 6.64. The average molecular weight is 470 g/mol. The van der Waals surface area contributed by atoms with Gasteiger partial charge in [-0.2, -0.15) is 4.31 Å². The lowest BCUT2D eigenvalue weighted by molar-refractivity contribution is -0.125. The number of nitrogens with zero attached hydrogens (tertiary/aromatic N) is 3. The van der Waals surface area contributed by atoms with Gasteiger partial charge < -0.3 is 14.5 Å². The second-order valence-electron chi connectivity index (χ2n) is 9.24. The zero-order valence-electron chi connectivity index (χ0n) is 19.2. The Labute approximate surface area is 196 Å². The molecule has 0 spiro atoms. The molecule has 8 heteroatoms. The molecule has 7 nitrogen and oxygen atoms in total. The SMILES string of the molecule is COc1ccccc1N1CCN(S(=O)(=O)c2ccc3c(c2)CC(C)N3C(=O)C2CCC2)CC1. The van der Waals surface area contributed by atoms with Crippen molar-refractivity contribution in [1.82, 2.24) is 4.31 Å². The summed E-state index contributed by atoms with van der Waals surface area (Å²) in [6.45, 7) is 4.08. The molecule has 0 aromatic heterocycles. The van der Waals surface area contributed by atoms with E-state index in [-0.39, 0.29) is 17.9 Å². The van der Waals surface area contributed by atoms with E-state index in [1.165, 1.54) is 0 Å². The third-order valence-corrected chi connectivity index (χ3v) is 9.16. The highest BCUT2D eigenvalue weighted by molar-refractivity contribution is 7.89. The first kappa shape index (κ1) is 22.2. The van der Waals surface area contributed by atoms with Crippen LogP contribution in [0.15, 0.2) is 47.4 Å². The van der Waals surface area contributed by atoms with Gasteiger partial charge in [-0.15, -0.1) is 0 Å². The van der Waals surface area contributed by atoms with Crippen molar-refractivity contribution in [2.75, 3.05) is 43.1 Å². The summed E-state index contributed by atoms with van der Waals surface area (Å²) in [5, 5.41) is 0. The Morgan fingerprint density at radius 2 is 1.73 bits per heavy atom. The van der Waals surface area contributed by atoms with Gasteiger partial charge in [0.2, 0.25) is 15.9 Å². The van der Waals surface area contributed by atoms with Crippen LogP contribution in [-0.4, -0.2) is 58.0 Å². The van der Waals surface area contributed by atoms with Gasteiger partial charge in [0.25, 0.3) is 0 Å². The van der Waals surface area contributed by atoms with E-state index in [4.69, 9.17) is 4.74 Å². The largest absolute Gasteiger partial charge is 0.495 e. The summed E-state index contributed by atoms with van der Waals surface area (Å²) in [6, 6.07) is 13.2. The van der Waals surface area contributed by atoms with Gasteiger partial charge in [-0.3, -0.25) is 4.79 Å². The Hall–Kier alpha value is -2.58. The van der Waals surface area contributed by atoms with E-state index < -0.39 is 10.0 Å². The van der Waals surface area contributed by atoms with Gasteiger partial charge in [0.15, 0.2) is 0 Å². The molecule has 33 heavy (non-hydrogen) atoms. The van der Waals surface area contributed by atoms with E-state index >= 15 is 0 Å². The molecular weight excluding hydrogens is 438 g/mol. The van der Waals surface area contributed by atoms with Crippen molar-refractivity contribution in [2.24, 2.45) is 5.92 Å². The number of fused-ring (bicyclic) bond motifs is 1. The summed E-state index contributed by atoms with van der Waals surface area (Å²) >= 11 is 0. The normalized spacial score (nSPS) is 21.6. The zero-order chi connectivity index (χ0) is 23.2. The maximum atomic E-state index is 13.4. The van der Waals surface area contributed by atoms with Crippen LogP contribution in [0.5, 0.6) is 5.75 Å². The first-order chi connectivity index (χ1) is 15.9. The lowest BCUT2D eigenvalue weighted by Gasteiger charge is -2.36. The minimum Gasteiger partial charge on any atom is -0.495 e. The standard InChI is InChI=1S/C25H31N3O4S/c1-18-16-20-17-21(10-11-22(20)28(18)25(29)19-6-5-7-19)33(30,31)27-14-12-26(13-15-27)23-8-3-4-9-24(23)32-2/h3-4,8-11,17-19H,5-7,12-16H2,1-2H3. The lowest BCUT2D eigenvalue weighted by atomic mass is 9.84. The third kappa shape index (κ3) is 3.89. The van der Waals surface area contributed by atoms with Crippen molar-refractivity contribution >= 4 is 27.3 Å². The molecule has 5 rings (SSSR count). The van der Waals surface area contributed by atoms with Crippen molar-refractivity contribution < 1.29 is 17.9 Å². The third-order valence-electron chi connectivity index (χ3n) is 7.26. The highest BCUT2D eigenvalue weighted by Crippen LogP contribution is 2.38. The monoisotopic (exact) mass is 469 g/mol. The van der Waals surface area contributed by atoms with Crippen LogP contribution in [0.4, 0.5) is 11.4 Å². The topological polar surface area (TPSA) is 70.2 Å². The highest BCUT2D eigenvalue weighted by atomic mass is 32.2. The Bertz CT molecular complexity index is 1150. The summed E-state index contributed by atoms with van der Waals surface area (Å²) in [5.74, 6) is 1.11. The molecule has 1 aliphatic carbocycles. The van der Waals surface area contributed by atoms with Gasteiger partial charge >= 0.3 is 0 Å². The minimum atomic E-state index is -3.60. The van der Waals surface area contributed by atoms with E-state index in [0.29, 0.717) is 37.5 Å². The van der Waals surface area contributed by atoms with Crippen molar-refractivity contribution in [3.63, 3.8) is 0 Å². The summed E-state index contributed by atoms with van der Waals surface area (Å²) in [6.07, 6.45) is 3.74. The molecule has 0 bridgehead atoms. The molecule has 1 unspecified atom stereocenters. The Morgan fingerprint density at radius 1 is 1.00 bits per heavy atom. The number of sulfonamides is 1. The van der Waals surface area contributed by atoms with E-state index in [1.807, 2.05) is 42.2 Å². The fraction of sp³-hybridized carbons (Fsp3) is 0.480. The second-order valence-corrected chi connectivity index (χ2v) is 11.2. The highest BCUT2D eigenvalue weighted by Gasteiger charge is 2.38. The summed E-state index contributed by atoms with van der Waals surface area (Å²) in [4.78, 5) is 17.3. The van der Waals surface area contributed by atoms with Gasteiger partial charge in [0, 0.05) is 43.8 Å². The van der Waals surface area contributed by atoms with Gasteiger partial charge in [-0.25, -0.2) is 8.42 Å². The van der Waals surface area contributed by atoms with Crippen molar-refractivity contribution in [3.05, 3.63) is 48.0 Å². The zero-order valence-corrected chi connectivity index (χ0v) is 20.1. The summed E-state index contributed by atoms with van der Waals surface area (Å²) in [5.41, 5.74) is 2.81. The van der Waals surface area contributed by atoms with Gasteiger partial charge in [-0.05, 0) is 62.1 Å². The molecule has 1 amide bonds. The second kappa shape index (κ2) is 8.65. The number of carbonyl (C=O) groups is 1. The first-order valence-electron chi connectivity index (χ1n) is 11.7. The van der Waals surface area contributed by atoms with Crippen LogP contribution in [0.3, 0.4) is 0 Å². The molecule has 176 valence electrons. The smallest absolute Gasteiger partial charge is 0.243 e. The molecule has 0 radical (unpaired) electrons. The van der Waals surface area contributed by atoms with E-state index in [0.717, 1.165) is 42.0 Å². The predicted octanol–water partition coefficient (Wildman–Crippen LogP) is 3.28. The lowest BCUT2D eigenvalue weighted by Crippen LogP contribution is -2.48. The molecule has 3 aliphatic rings. The van der Waals surface area contributed by atoms with Crippen LogP contribution in [-0.2, 0) is 21.2 Å². The minimum absolute atomic E-state index is 0.0652. The Morgan fingerprint density at radius 3 is 2.39 bits per heavy atom. The van der Waals surface area contributed by atoms with Gasteiger partial charge in [0.05, 0.1) is 17.7 Å². The molecular formula is C25H31N3O4S. The number of methoxy groups -OCH3 is 1. The maximum Gasteiger partial charge on any atom is 0.243 e. The van der Waals surface area contributed by atoms with Crippen molar-refractivity contribution in [1.29, 1.82) is 0 Å². The molecule has 2 aromatic rings. The average Bonchev–Trinajstić information content (AvgIpc) is 3.12. The number of ether oxygens (including phenoxy) is 1. The number of carbonyl (C=O) groups excluding carboxylic acids is 1. The molecule has 2 fully saturated rings. The van der Waals surface area contributed by atoms with Crippen LogP contribution in [0, 0.1) is 5.92 Å². The van der Waals surface area contributed by atoms with E-state index in [1.54, 1.807) is 23.5 Å².